The predicted molar refractivity (Wildman–Crippen MR) is 68.1 cm³/mol. The van der Waals surface area contributed by atoms with Crippen molar-refractivity contribution in [2.75, 3.05) is 0 Å². The van der Waals surface area contributed by atoms with Crippen molar-refractivity contribution in [3.63, 3.8) is 0 Å². The molecule has 0 spiro atoms. The van der Waals surface area contributed by atoms with E-state index in [-0.39, 0.29) is 34.0 Å². The molecule has 0 saturated heterocycles. The fraction of sp³-hybridized carbons (Fsp3) is 0.273. The minimum absolute atomic E-state index is 0. The van der Waals surface area contributed by atoms with Crippen LogP contribution in [0.25, 0.3) is 6.08 Å². The predicted octanol–water partition coefficient (Wildman–Crippen LogP) is 4.02. The van der Waals surface area contributed by atoms with Crippen LogP contribution >= 0.6 is 34.0 Å². The van der Waals surface area contributed by atoms with Crippen molar-refractivity contribution in [3.8, 4) is 0 Å². The van der Waals surface area contributed by atoms with Gasteiger partial charge in [-0.05, 0) is 0 Å². The summed E-state index contributed by atoms with van der Waals surface area (Å²) in [5.41, 5.74) is 2.93. The van der Waals surface area contributed by atoms with Crippen molar-refractivity contribution in [3.05, 3.63) is 41.5 Å². The zero-order valence-electron chi connectivity index (χ0n) is 7.99. The van der Waals surface area contributed by atoms with E-state index in [0.717, 1.165) is 0 Å². The van der Waals surface area contributed by atoms with Crippen molar-refractivity contribution in [2.45, 2.75) is 16.5 Å². The Morgan fingerprint density at radius 2 is 1.86 bits per heavy atom. The molecule has 1 aliphatic carbocycles. The van der Waals surface area contributed by atoms with Crippen LogP contribution in [0.2, 0.25) is 0 Å². The first-order valence-electron chi connectivity index (χ1n) is 4.30. The number of fused-ring (bicyclic) bond motifs is 1. The first-order chi connectivity index (χ1) is 5.76. The van der Waals surface area contributed by atoms with Crippen LogP contribution in [-0.2, 0) is 27.8 Å². The van der Waals surface area contributed by atoms with Crippen molar-refractivity contribution >= 4 is 40.0 Å². The van der Waals surface area contributed by atoms with Crippen LogP contribution < -0.4 is 0 Å². The SMILES string of the molecule is Br.Br.CC[C]1([Zr])C=Cc2ccccc21. The van der Waals surface area contributed by atoms with Crippen LogP contribution in [0.4, 0.5) is 0 Å². The zero-order valence-corrected chi connectivity index (χ0v) is 13.9. The van der Waals surface area contributed by atoms with Gasteiger partial charge in [0.25, 0.3) is 0 Å². The summed E-state index contributed by atoms with van der Waals surface area (Å²) in [5, 5.41) is 0. The topological polar surface area (TPSA) is 0 Å². The third-order valence-corrected chi connectivity index (χ3v) is 4.49. The van der Waals surface area contributed by atoms with Gasteiger partial charge in [-0.1, -0.05) is 0 Å². The van der Waals surface area contributed by atoms with Crippen LogP contribution in [0, 0.1) is 0 Å². The molecule has 1 aliphatic rings. The molecule has 1 atom stereocenters. The van der Waals surface area contributed by atoms with E-state index in [1.165, 1.54) is 17.5 Å². The Balaban J connectivity index is 0.000000845. The molecule has 0 heterocycles. The molecule has 1 unspecified atom stereocenters. The third-order valence-electron chi connectivity index (χ3n) is 2.55. The molecule has 3 heteroatoms. The zero-order chi connectivity index (χ0) is 8.60. The van der Waals surface area contributed by atoms with Gasteiger partial charge in [-0.25, -0.2) is 0 Å². The quantitative estimate of drug-likeness (QED) is 0.673. The molecule has 0 bridgehead atoms. The monoisotopic (exact) mass is 393 g/mol. The van der Waals surface area contributed by atoms with Gasteiger partial charge in [0.1, 0.15) is 0 Å². The maximum absolute atomic E-state index is 2.36. The van der Waals surface area contributed by atoms with E-state index >= 15 is 0 Å². The Morgan fingerprint density at radius 3 is 2.50 bits per heavy atom. The Morgan fingerprint density at radius 1 is 1.21 bits per heavy atom. The molecule has 1 aromatic carbocycles. The number of allylic oxidation sites excluding steroid dienone is 1. The van der Waals surface area contributed by atoms with E-state index in [2.05, 4.69) is 43.3 Å². The average Bonchev–Trinajstić information content (AvgIpc) is 2.46. The minimum atomic E-state index is 0. The van der Waals surface area contributed by atoms with E-state index in [1.54, 1.807) is 24.7 Å². The van der Waals surface area contributed by atoms with E-state index in [1.807, 2.05) is 0 Å². The van der Waals surface area contributed by atoms with Crippen molar-refractivity contribution in [2.24, 2.45) is 0 Å². The summed E-state index contributed by atoms with van der Waals surface area (Å²) in [6.07, 6.45) is 5.84. The number of rotatable bonds is 1. The molecule has 0 fully saturated rings. The number of hydrogen-bond acceptors (Lipinski definition) is 0. The summed E-state index contributed by atoms with van der Waals surface area (Å²) in [4.78, 5) is 0. The Hall–Kier alpha value is 0.803. The second-order valence-corrected chi connectivity index (χ2v) is 5.44. The van der Waals surface area contributed by atoms with Crippen molar-refractivity contribution in [1.82, 2.24) is 0 Å². The van der Waals surface area contributed by atoms with Gasteiger partial charge in [0, 0.05) is 0 Å². The molecule has 1 aromatic rings. The van der Waals surface area contributed by atoms with Gasteiger partial charge in [-0.2, -0.15) is 0 Å². The van der Waals surface area contributed by atoms with Gasteiger partial charge in [0.05, 0.1) is 0 Å². The maximum atomic E-state index is 2.36. The first-order valence-corrected chi connectivity index (χ1v) is 5.53. The van der Waals surface area contributed by atoms with Gasteiger partial charge >= 0.3 is 88.7 Å². The van der Waals surface area contributed by atoms with Gasteiger partial charge < -0.3 is 0 Å². The van der Waals surface area contributed by atoms with Crippen LogP contribution in [0.3, 0.4) is 0 Å². The summed E-state index contributed by atoms with van der Waals surface area (Å²) < 4.78 is 0.378. The van der Waals surface area contributed by atoms with Gasteiger partial charge in [-0.3, -0.25) is 0 Å². The fourth-order valence-corrected chi connectivity index (χ4v) is 2.44. The normalized spacial score (nSPS) is 22.0. The van der Waals surface area contributed by atoms with E-state index in [0.29, 0.717) is 3.12 Å². The summed E-state index contributed by atoms with van der Waals surface area (Å²) in [6, 6.07) is 8.71. The Bertz CT molecular complexity index is 336. The number of halogens is 2. The molecule has 0 aromatic heterocycles. The van der Waals surface area contributed by atoms with E-state index in [4.69, 9.17) is 0 Å². The van der Waals surface area contributed by atoms with Gasteiger partial charge in [0.15, 0.2) is 0 Å². The van der Waals surface area contributed by atoms with Gasteiger partial charge in [0.2, 0.25) is 0 Å². The Kier molecular flexibility index (Phi) is 6.10. The summed E-state index contributed by atoms with van der Waals surface area (Å²) in [5.74, 6) is 0. The molecule has 14 heavy (non-hydrogen) atoms. The van der Waals surface area contributed by atoms with Crippen LogP contribution in [0.1, 0.15) is 24.5 Å². The first kappa shape index (κ1) is 14.8. The molecule has 75 valence electrons. The van der Waals surface area contributed by atoms with Crippen molar-refractivity contribution in [1.29, 1.82) is 0 Å². The average molecular weight is 396 g/mol. The number of benzene rings is 1. The molecule has 2 rings (SSSR count). The van der Waals surface area contributed by atoms with Gasteiger partial charge in [-0.15, -0.1) is 34.0 Å². The van der Waals surface area contributed by atoms with E-state index in [9.17, 15) is 0 Å². The molecule has 0 N–H and O–H groups in total. The fourth-order valence-electron chi connectivity index (χ4n) is 1.68. The molecule has 0 amide bonds. The summed E-state index contributed by atoms with van der Waals surface area (Å²) in [6.45, 7) is 2.26. The molecular weight excluding hydrogens is 383 g/mol. The summed E-state index contributed by atoms with van der Waals surface area (Å²) in [7, 11) is 0. The van der Waals surface area contributed by atoms with Crippen LogP contribution in [0.15, 0.2) is 30.3 Å². The second kappa shape index (κ2) is 5.77. The third kappa shape index (κ3) is 2.48. The Labute approximate surface area is 122 Å². The molecular formula is C11H13Br2Zr. The van der Waals surface area contributed by atoms with Crippen LogP contribution in [-0.4, -0.2) is 0 Å². The molecule has 0 nitrogen and oxygen atoms in total. The second-order valence-electron chi connectivity index (χ2n) is 3.25. The van der Waals surface area contributed by atoms with E-state index < -0.39 is 0 Å². The standard InChI is InChI=1S/C11H11.2BrH.Zr/c1-2-9-7-8-10-5-3-4-6-11(9)10;;;/h3-8H,2H2,1H3;2*1H;. The molecule has 0 aliphatic heterocycles. The molecule has 0 radical (unpaired) electrons. The number of hydrogen-bond donors (Lipinski definition) is 0. The molecule has 0 saturated carbocycles. The van der Waals surface area contributed by atoms with Crippen LogP contribution in [0.5, 0.6) is 0 Å². The summed E-state index contributed by atoms with van der Waals surface area (Å²) >= 11 is 1.60. The van der Waals surface area contributed by atoms with Crippen molar-refractivity contribution < 1.29 is 24.7 Å².